The lowest BCUT2D eigenvalue weighted by atomic mass is 9.79. The fourth-order valence-corrected chi connectivity index (χ4v) is 10.4. The van der Waals surface area contributed by atoms with E-state index in [0.717, 1.165) is 50.2 Å². The summed E-state index contributed by atoms with van der Waals surface area (Å²) in [6, 6.07) is 47.5. The molecule has 3 nitrogen and oxygen atoms in total. The molecule has 0 unspecified atom stereocenters. The standard InChI is InChI=1S/C56H51NO2/c1-53(2,3)32-26-41-40-30-39-37-25-23-34(29-44(37)56(9,10)45(39)31-50(40)59-52(41)46(27-32)54(4,5)6)57(47-19-15-21-49-51(47)38-17-12-14-20-48(38)58-49)33-22-24-36-35-16-11-13-18-42(35)55(7,8)43(36)28-33/h11-31H,1-10H3. The second-order valence-electron chi connectivity index (χ2n) is 20.2. The van der Waals surface area contributed by atoms with Gasteiger partial charge in [-0.05, 0) is 122 Å². The Balaban J connectivity index is 1.13. The number of nitrogens with zero attached hydrogens (tertiary/aromatic N) is 1. The SMILES string of the molecule is CC(C)(C)c1cc(C(C)(C)C)c2oc3cc4c(cc3c2c1)-c1ccc(N(c2ccc3c(c2)C(C)(C)c2ccccc2-3)c2cccc3oc5ccccc5c23)cc1C4(C)C. The normalized spacial score (nSPS) is 15.2. The van der Waals surface area contributed by atoms with Crippen LogP contribution in [0.2, 0.25) is 0 Å². The predicted octanol–water partition coefficient (Wildman–Crippen LogP) is 16.2. The van der Waals surface area contributed by atoms with E-state index in [4.69, 9.17) is 8.83 Å². The summed E-state index contributed by atoms with van der Waals surface area (Å²) in [5, 5.41) is 4.62. The maximum atomic E-state index is 6.90. The van der Waals surface area contributed by atoms with Crippen LogP contribution in [-0.2, 0) is 21.7 Å². The zero-order chi connectivity index (χ0) is 41.0. The zero-order valence-electron chi connectivity index (χ0n) is 35.9. The van der Waals surface area contributed by atoms with E-state index in [9.17, 15) is 0 Å². The number of rotatable bonds is 3. The van der Waals surface area contributed by atoms with Crippen LogP contribution in [0.5, 0.6) is 0 Å². The van der Waals surface area contributed by atoms with Crippen LogP contribution >= 0.6 is 0 Å². The molecule has 0 amide bonds. The second-order valence-corrected chi connectivity index (χ2v) is 20.2. The van der Waals surface area contributed by atoms with Crippen molar-refractivity contribution in [1.82, 2.24) is 0 Å². The minimum Gasteiger partial charge on any atom is -0.456 e. The number of para-hydroxylation sites is 1. The van der Waals surface area contributed by atoms with E-state index in [1.165, 1.54) is 66.4 Å². The lowest BCUT2D eigenvalue weighted by Crippen LogP contribution is -2.18. The molecule has 2 heterocycles. The van der Waals surface area contributed by atoms with Gasteiger partial charge in [0.1, 0.15) is 22.3 Å². The molecule has 0 bridgehead atoms. The fraction of sp³-hybridized carbons (Fsp3) is 0.250. The van der Waals surface area contributed by atoms with Crippen LogP contribution in [0.25, 0.3) is 66.1 Å². The molecule has 292 valence electrons. The Hall–Kier alpha value is -6.06. The third kappa shape index (κ3) is 5.06. The van der Waals surface area contributed by atoms with Gasteiger partial charge in [0.15, 0.2) is 0 Å². The molecule has 2 aliphatic carbocycles. The van der Waals surface area contributed by atoms with E-state index in [1.54, 1.807) is 0 Å². The van der Waals surface area contributed by atoms with E-state index >= 15 is 0 Å². The van der Waals surface area contributed by atoms with Crippen LogP contribution in [0.3, 0.4) is 0 Å². The average Bonchev–Trinajstić information content (AvgIpc) is 3.89. The second kappa shape index (κ2) is 11.8. The van der Waals surface area contributed by atoms with Gasteiger partial charge in [-0.15, -0.1) is 0 Å². The van der Waals surface area contributed by atoms with Crippen molar-refractivity contribution in [2.24, 2.45) is 0 Å². The fourth-order valence-electron chi connectivity index (χ4n) is 10.4. The van der Waals surface area contributed by atoms with E-state index in [1.807, 2.05) is 0 Å². The third-order valence-corrected chi connectivity index (χ3v) is 13.7. The maximum absolute atomic E-state index is 6.90. The summed E-state index contributed by atoms with van der Waals surface area (Å²) in [5.41, 5.74) is 19.8. The molecule has 0 N–H and O–H groups in total. The molecule has 0 saturated carbocycles. The first-order valence-electron chi connectivity index (χ1n) is 21.2. The van der Waals surface area contributed by atoms with Gasteiger partial charge >= 0.3 is 0 Å². The summed E-state index contributed by atoms with van der Waals surface area (Å²) < 4.78 is 13.4. The van der Waals surface area contributed by atoms with Gasteiger partial charge in [0.05, 0.1) is 11.1 Å². The molecule has 2 aromatic heterocycles. The van der Waals surface area contributed by atoms with Crippen LogP contribution in [0, 0.1) is 0 Å². The summed E-state index contributed by atoms with van der Waals surface area (Å²) in [6.07, 6.45) is 0. The monoisotopic (exact) mass is 769 g/mol. The molecule has 0 aliphatic heterocycles. The van der Waals surface area contributed by atoms with Gasteiger partial charge in [0, 0.05) is 43.9 Å². The highest BCUT2D eigenvalue weighted by Crippen LogP contribution is 2.55. The Morgan fingerprint density at radius 2 is 1.05 bits per heavy atom. The predicted molar refractivity (Wildman–Crippen MR) is 248 cm³/mol. The van der Waals surface area contributed by atoms with Gasteiger partial charge in [0.2, 0.25) is 0 Å². The molecule has 0 saturated heterocycles. The topological polar surface area (TPSA) is 29.5 Å². The average molecular weight is 770 g/mol. The summed E-state index contributed by atoms with van der Waals surface area (Å²) in [7, 11) is 0. The molecule has 2 aliphatic rings. The van der Waals surface area contributed by atoms with Crippen LogP contribution in [0.1, 0.15) is 103 Å². The van der Waals surface area contributed by atoms with Gasteiger partial charge in [-0.25, -0.2) is 0 Å². The third-order valence-electron chi connectivity index (χ3n) is 13.7. The number of anilines is 3. The number of fused-ring (bicyclic) bond motifs is 12. The highest BCUT2D eigenvalue weighted by molar-refractivity contribution is 6.14. The van der Waals surface area contributed by atoms with Crippen molar-refractivity contribution in [1.29, 1.82) is 0 Å². The first-order chi connectivity index (χ1) is 28.0. The largest absolute Gasteiger partial charge is 0.456 e. The van der Waals surface area contributed by atoms with Crippen molar-refractivity contribution in [2.75, 3.05) is 4.90 Å². The summed E-state index contributed by atoms with van der Waals surface area (Å²) in [6.45, 7) is 23.3. The molecule has 9 aromatic rings. The number of hydrogen-bond acceptors (Lipinski definition) is 3. The Kier molecular flexibility index (Phi) is 7.20. The lowest BCUT2D eigenvalue weighted by Gasteiger charge is -2.30. The first-order valence-corrected chi connectivity index (χ1v) is 21.2. The van der Waals surface area contributed by atoms with Gasteiger partial charge < -0.3 is 13.7 Å². The van der Waals surface area contributed by atoms with Crippen molar-refractivity contribution in [2.45, 2.75) is 90.9 Å². The Labute approximate surface area is 347 Å². The van der Waals surface area contributed by atoms with Crippen molar-refractivity contribution >= 4 is 60.9 Å². The Morgan fingerprint density at radius 3 is 1.76 bits per heavy atom. The van der Waals surface area contributed by atoms with Crippen molar-refractivity contribution in [3.8, 4) is 22.3 Å². The summed E-state index contributed by atoms with van der Waals surface area (Å²) >= 11 is 0. The number of furan rings is 2. The van der Waals surface area contributed by atoms with Crippen LogP contribution < -0.4 is 4.90 Å². The molecule has 0 atom stereocenters. The molecule has 11 rings (SSSR count). The molecule has 0 spiro atoms. The molecule has 7 aromatic carbocycles. The summed E-state index contributed by atoms with van der Waals surface area (Å²) in [4.78, 5) is 2.46. The van der Waals surface area contributed by atoms with Crippen molar-refractivity contribution in [3.05, 3.63) is 161 Å². The zero-order valence-corrected chi connectivity index (χ0v) is 35.9. The highest BCUT2D eigenvalue weighted by Gasteiger charge is 2.39. The first kappa shape index (κ1) is 36.1. The van der Waals surface area contributed by atoms with Gasteiger partial charge in [-0.1, -0.05) is 136 Å². The molecule has 3 heteroatoms. The van der Waals surface area contributed by atoms with Crippen molar-refractivity contribution in [3.63, 3.8) is 0 Å². The smallest absolute Gasteiger partial charge is 0.139 e. The Bertz CT molecular complexity index is 3240. The van der Waals surface area contributed by atoms with Gasteiger partial charge in [-0.2, -0.15) is 0 Å². The van der Waals surface area contributed by atoms with E-state index in [2.05, 4.69) is 202 Å². The molecular formula is C56H51NO2. The van der Waals surface area contributed by atoms with E-state index in [0.29, 0.717) is 0 Å². The highest BCUT2D eigenvalue weighted by atomic mass is 16.3. The van der Waals surface area contributed by atoms with E-state index in [-0.39, 0.29) is 21.7 Å². The maximum Gasteiger partial charge on any atom is 0.139 e. The molecule has 59 heavy (non-hydrogen) atoms. The quantitative estimate of drug-likeness (QED) is 0.179. The number of benzene rings is 7. The van der Waals surface area contributed by atoms with E-state index < -0.39 is 0 Å². The van der Waals surface area contributed by atoms with Crippen molar-refractivity contribution < 1.29 is 8.83 Å². The Morgan fingerprint density at radius 1 is 0.441 bits per heavy atom. The summed E-state index contributed by atoms with van der Waals surface area (Å²) in [5.74, 6) is 0. The molecular weight excluding hydrogens is 719 g/mol. The molecule has 0 fully saturated rings. The number of hydrogen-bond donors (Lipinski definition) is 0. The minimum atomic E-state index is -0.265. The van der Waals surface area contributed by atoms with Crippen LogP contribution in [0.4, 0.5) is 17.1 Å². The molecule has 0 radical (unpaired) electrons. The van der Waals surface area contributed by atoms with Crippen LogP contribution in [0.15, 0.2) is 136 Å². The van der Waals surface area contributed by atoms with Crippen LogP contribution in [-0.4, -0.2) is 0 Å². The minimum absolute atomic E-state index is 0.0109. The lowest BCUT2D eigenvalue weighted by molar-refractivity contribution is 0.559. The van der Waals surface area contributed by atoms with Gasteiger partial charge in [-0.3, -0.25) is 0 Å². The van der Waals surface area contributed by atoms with Gasteiger partial charge in [0.25, 0.3) is 0 Å².